The Hall–Kier alpha value is -0.120. The molecule has 1 heterocycles. The lowest BCUT2D eigenvalue weighted by Gasteiger charge is -2.36. The van der Waals surface area contributed by atoms with E-state index in [1.54, 1.807) is 0 Å². The van der Waals surface area contributed by atoms with Crippen LogP contribution in [0.4, 0.5) is 0 Å². The van der Waals surface area contributed by atoms with Crippen molar-refractivity contribution in [1.82, 2.24) is 15.1 Å². The number of nitrogens with one attached hydrogen (secondary N) is 1. The van der Waals surface area contributed by atoms with Gasteiger partial charge in [-0.05, 0) is 58.3 Å². The van der Waals surface area contributed by atoms with Crippen LogP contribution in [0.2, 0.25) is 0 Å². The van der Waals surface area contributed by atoms with Crippen LogP contribution in [0, 0.1) is 5.92 Å². The van der Waals surface area contributed by atoms with Crippen LogP contribution >= 0.6 is 0 Å². The van der Waals surface area contributed by atoms with Crippen LogP contribution in [0.25, 0.3) is 0 Å². The summed E-state index contributed by atoms with van der Waals surface area (Å²) < 4.78 is 0. The number of nitrogens with zero attached hydrogens (tertiary/aromatic N) is 2. The molecule has 20 heavy (non-hydrogen) atoms. The lowest BCUT2D eigenvalue weighted by Crippen LogP contribution is -2.46. The van der Waals surface area contributed by atoms with Crippen molar-refractivity contribution >= 4 is 0 Å². The topological polar surface area (TPSA) is 18.5 Å². The number of likely N-dealkylation sites (N-methyl/N-ethyl adjacent to an activating group) is 1. The fourth-order valence-electron chi connectivity index (χ4n) is 3.92. The minimum absolute atomic E-state index is 0.786. The number of likely N-dealkylation sites (tertiary alicyclic amines) is 1. The maximum atomic E-state index is 3.79. The lowest BCUT2D eigenvalue weighted by atomic mass is 9.87. The maximum Gasteiger partial charge on any atom is 0.0117 e. The molecule has 0 aromatic carbocycles. The molecule has 2 atom stereocenters. The minimum Gasteiger partial charge on any atom is -0.313 e. The van der Waals surface area contributed by atoms with Gasteiger partial charge in [0.2, 0.25) is 0 Å². The van der Waals surface area contributed by atoms with Crippen LogP contribution in [0.5, 0.6) is 0 Å². The van der Waals surface area contributed by atoms with Gasteiger partial charge in [-0.15, -0.1) is 0 Å². The summed E-state index contributed by atoms with van der Waals surface area (Å²) >= 11 is 0. The zero-order valence-corrected chi connectivity index (χ0v) is 13.9. The molecule has 1 saturated carbocycles. The fourth-order valence-corrected chi connectivity index (χ4v) is 3.92. The van der Waals surface area contributed by atoms with E-state index in [1.807, 2.05) is 0 Å². The first kappa shape index (κ1) is 16.3. The molecule has 2 fully saturated rings. The van der Waals surface area contributed by atoms with Crippen LogP contribution < -0.4 is 5.32 Å². The molecule has 2 aliphatic rings. The molecule has 0 amide bonds. The number of piperidine rings is 1. The van der Waals surface area contributed by atoms with Gasteiger partial charge in [-0.2, -0.15) is 0 Å². The Morgan fingerprint density at radius 1 is 1.15 bits per heavy atom. The summed E-state index contributed by atoms with van der Waals surface area (Å²) in [7, 11) is 2.32. The molecule has 1 aliphatic heterocycles. The number of rotatable bonds is 6. The van der Waals surface area contributed by atoms with Crippen molar-refractivity contribution in [3.63, 3.8) is 0 Å². The lowest BCUT2D eigenvalue weighted by molar-refractivity contribution is 0.130. The monoisotopic (exact) mass is 281 g/mol. The Labute approximate surface area is 126 Å². The quantitative estimate of drug-likeness (QED) is 0.807. The molecule has 1 aliphatic carbocycles. The molecule has 1 N–H and O–H groups in total. The van der Waals surface area contributed by atoms with Crippen LogP contribution in [-0.4, -0.2) is 61.7 Å². The average molecular weight is 281 g/mol. The second-order valence-corrected chi connectivity index (χ2v) is 7.07. The predicted molar refractivity (Wildman–Crippen MR) is 87.2 cm³/mol. The molecule has 1 saturated heterocycles. The molecule has 118 valence electrons. The molecule has 0 spiro atoms. The van der Waals surface area contributed by atoms with Gasteiger partial charge >= 0.3 is 0 Å². The van der Waals surface area contributed by atoms with Gasteiger partial charge in [0.1, 0.15) is 0 Å². The molecule has 2 rings (SSSR count). The van der Waals surface area contributed by atoms with Gasteiger partial charge < -0.3 is 15.1 Å². The first-order valence-electron chi connectivity index (χ1n) is 8.85. The van der Waals surface area contributed by atoms with Crippen molar-refractivity contribution in [2.24, 2.45) is 5.92 Å². The van der Waals surface area contributed by atoms with E-state index in [1.165, 1.54) is 71.2 Å². The highest BCUT2D eigenvalue weighted by Gasteiger charge is 2.22. The van der Waals surface area contributed by atoms with E-state index in [0.717, 1.165) is 18.0 Å². The van der Waals surface area contributed by atoms with E-state index >= 15 is 0 Å². The molecule has 3 nitrogen and oxygen atoms in total. The van der Waals surface area contributed by atoms with E-state index in [2.05, 4.69) is 36.0 Å². The second-order valence-electron chi connectivity index (χ2n) is 7.07. The summed E-state index contributed by atoms with van der Waals surface area (Å²) in [5.41, 5.74) is 0. The first-order chi connectivity index (χ1) is 9.69. The molecule has 0 aromatic rings. The third-order valence-corrected chi connectivity index (χ3v) is 5.46. The van der Waals surface area contributed by atoms with E-state index < -0.39 is 0 Å². The number of hydrogen-bond donors (Lipinski definition) is 1. The molecule has 3 heteroatoms. The normalized spacial score (nSPS) is 30.0. The molecule has 0 radical (unpaired) electrons. The Morgan fingerprint density at radius 2 is 1.90 bits per heavy atom. The Kier molecular flexibility index (Phi) is 6.79. The Balaban J connectivity index is 1.59. The molecular formula is C17H35N3. The average Bonchev–Trinajstić information content (AvgIpc) is 2.47. The first-order valence-corrected chi connectivity index (χ1v) is 8.85. The van der Waals surface area contributed by atoms with Gasteiger partial charge in [0.05, 0.1) is 0 Å². The summed E-state index contributed by atoms with van der Waals surface area (Å²) in [5, 5.41) is 3.79. The van der Waals surface area contributed by atoms with Crippen molar-refractivity contribution in [3.8, 4) is 0 Å². The summed E-state index contributed by atoms with van der Waals surface area (Å²) in [6, 6.07) is 1.60. The van der Waals surface area contributed by atoms with Gasteiger partial charge in [0.15, 0.2) is 0 Å². The summed E-state index contributed by atoms with van der Waals surface area (Å²) in [6.45, 7) is 10.9. The third kappa shape index (κ3) is 5.01. The Morgan fingerprint density at radius 3 is 2.55 bits per heavy atom. The molecular weight excluding hydrogens is 246 g/mol. The van der Waals surface area contributed by atoms with Crippen molar-refractivity contribution in [2.75, 3.05) is 39.8 Å². The largest absolute Gasteiger partial charge is 0.313 e. The minimum atomic E-state index is 0.786. The summed E-state index contributed by atoms with van der Waals surface area (Å²) in [6.07, 6.45) is 8.34. The van der Waals surface area contributed by atoms with Crippen LogP contribution in [0.1, 0.15) is 52.4 Å². The van der Waals surface area contributed by atoms with E-state index in [-0.39, 0.29) is 0 Å². The summed E-state index contributed by atoms with van der Waals surface area (Å²) in [4.78, 5) is 5.16. The highest BCUT2D eigenvalue weighted by Crippen LogP contribution is 2.23. The predicted octanol–water partition coefficient (Wildman–Crippen LogP) is 2.57. The maximum absolute atomic E-state index is 3.79. The van der Waals surface area contributed by atoms with Gasteiger partial charge in [-0.25, -0.2) is 0 Å². The number of hydrogen-bond acceptors (Lipinski definition) is 3. The molecule has 0 aromatic heterocycles. The summed E-state index contributed by atoms with van der Waals surface area (Å²) in [5.74, 6) is 0.928. The fraction of sp³-hybridized carbons (Fsp3) is 1.00. The third-order valence-electron chi connectivity index (χ3n) is 5.46. The highest BCUT2D eigenvalue weighted by molar-refractivity contribution is 4.80. The highest BCUT2D eigenvalue weighted by atomic mass is 15.2. The van der Waals surface area contributed by atoms with Crippen LogP contribution in [-0.2, 0) is 0 Å². The second kappa shape index (κ2) is 8.35. The zero-order chi connectivity index (χ0) is 14.4. The van der Waals surface area contributed by atoms with E-state index in [4.69, 9.17) is 0 Å². The van der Waals surface area contributed by atoms with Gasteiger partial charge in [0, 0.05) is 25.2 Å². The van der Waals surface area contributed by atoms with Gasteiger partial charge in [0.25, 0.3) is 0 Å². The van der Waals surface area contributed by atoms with Gasteiger partial charge in [-0.1, -0.05) is 26.7 Å². The van der Waals surface area contributed by atoms with E-state index in [9.17, 15) is 0 Å². The Bertz CT molecular complexity index is 261. The SMILES string of the molecule is CCN1CCC(N(C)CCNC2CCCC(C)C2)CC1. The van der Waals surface area contributed by atoms with Crippen molar-refractivity contribution in [1.29, 1.82) is 0 Å². The smallest absolute Gasteiger partial charge is 0.0117 e. The van der Waals surface area contributed by atoms with Crippen LogP contribution in [0.3, 0.4) is 0 Å². The van der Waals surface area contributed by atoms with Crippen LogP contribution in [0.15, 0.2) is 0 Å². The molecule has 0 bridgehead atoms. The standard InChI is InChI=1S/C17H35N3/c1-4-20-11-8-17(9-12-20)19(3)13-10-18-16-7-5-6-15(2)14-16/h15-18H,4-14H2,1-3H3. The zero-order valence-electron chi connectivity index (χ0n) is 13.9. The molecule has 2 unspecified atom stereocenters. The van der Waals surface area contributed by atoms with Gasteiger partial charge in [-0.3, -0.25) is 0 Å². The van der Waals surface area contributed by atoms with Crippen molar-refractivity contribution < 1.29 is 0 Å². The van der Waals surface area contributed by atoms with E-state index in [0.29, 0.717) is 0 Å². The van der Waals surface area contributed by atoms with Crippen molar-refractivity contribution in [2.45, 2.75) is 64.5 Å². The van der Waals surface area contributed by atoms with Crippen molar-refractivity contribution in [3.05, 3.63) is 0 Å².